The molecule has 27 heavy (non-hydrogen) atoms. The van der Waals surface area contributed by atoms with Gasteiger partial charge in [0, 0.05) is 44.3 Å². The van der Waals surface area contributed by atoms with Crippen molar-refractivity contribution in [3.05, 3.63) is 81.9 Å². The summed E-state index contributed by atoms with van der Waals surface area (Å²) in [5, 5.41) is 0.198. The van der Waals surface area contributed by atoms with Crippen molar-refractivity contribution in [3.8, 4) is 0 Å². The van der Waals surface area contributed by atoms with Crippen LogP contribution in [0.25, 0.3) is 10.9 Å². The molecule has 1 aliphatic rings. The molecule has 1 saturated heterocycles. The Bertz CT molecular complexity index is 1020. The van der Waals surface area contributed by atoms with Gasteiger partial charge >= 0.3 is 0 Å². The van der Waals surface area contributed by atoms with E-state index in [1.165, 1.54) is 30.0 Å². The van der Waals surface area contributed by atoms with Crippen molar-refractivity contribution in [3.63, 3.8) is 0 Å². The number of fused-ring (bicyclic) bond motifs is 1. The number of benzene rings is 2. The summed E-state index contributed by atoms with van der Waals surface area (Å²) in [4.78, 5) is 32.2. The Morgan fingerprint density at radius 1 is 1.00 bits per heavy atom. The molecule has 0 spiro atoms. The Morgan fingerprint density at radius 2 is 1.74 bits per heavy atom. The Hall–Kier alpha value is -2.99. The van der Waals surface area contributed by atoms with Gasteiger partial charge in [-0.1, -0.05) is 36.4 Å². The second-order valence-electron chi connectivity index (χ2n) is 6.75. The van der Waals surface area contributed by atoms with E-state index in [2.05, 4.69) is 22.0 Å². The monoisotopic (exact) mass is 365 g/mol. The predicted molar refractivity (Wildman–Crippen MR) is 102 cm³/mol. The lowest BCUT2D eigenvalue weighted by molar-refractivity contribution is 0.0627. The number of aromatic nitrogens is 1. The number of carbonyl (C=O) groups is 1. The first kappa shape index (κ1) is 17.4. The van der Waals surface area contributed by atoms with Crippen molar-refractivity contribution in [2.45, 2.75) is 6.54 Å². The van der Waals surface area contributed by atoms with Crippen molar-refractivity contribution in [1.29, 1.82) is 0 Å². The third-order valence-electron chi connectivity index (χ3n) is 5.00. The quantitative estimate of drug-likeness (QED) is 0.776. The number of para-hydroxylation sites is 1. The van der Waals surface area contributed by atoms with E-state index in [9.17, 15) is 14.0 Å². The first-order valence-corrected chi connectivity index (χ1v) is 8.99. The molecule has 6 heteroatoms. The minimum atomic E-state index is -0.502. The molecular formula is C21H20FN3O2. The van der Waals surface area contributed by atoms with E-state index < -0.39 is 11.2 Å². The van der Waals surface area contributed by atoms with Crippen LogP contribution in [0.15, 0.2) is 59.5 Å². The molecule has 0 unspecified atom stereocenters. The van der Waals surface area contributed by atoms with E-state index in [4.69, 9.17) is 0 Å². The van der Waals surface area contributed by atoms with Crippen LogP contribution in [0, 0.1) is 5.82 Å². The number of nitrogens with zero attached hydrogens (tertiary/aromatic N) is 2. The molecule has 0 bridgehead atoms. The molecule has 0 saturated carbocycles. The summed E-state index contributed by atoms with van der Waals surface area (Å²) in [6, 6.07) is 14.5. The lowest BCUT2D eigenvalue weighted by atomic mass is 10.1. The highest BCUT2D eigenvalue weighted by Crippen LogP contribution is 2.14. The number of aromatic amines is 1. The number of hydrogen-bond donors (Lipinski definition) is 1. The SMILES string of the molecule is O=C(c1c[nH]c2c(F)cccc2c1=O)N1CCN(Cc2ccccc2)CC1. The maximum absolute atomic E-state index is 13.8. The topological polar surface area (TPSA) is 56.4 Å². The maximum Gasteiger partial charge on any atom is 0.259 e. The standard InChI is InChI=1S/C21H20FN3O2/c22-18-8-4-7-16-19(18)23-13-17(20(16)26)21(27)25-11-9-24(10-12-25)14-15-5-2-1-3-6-15/h1-8,13H,9-12,14H2,(H,23,26). The molecule has 1 amide bonds. The van der Waals surface area contributed by atoms with Gasteiger partial charge in [0.25, 0.3) is 5.91 Å². The molecule has 0 aliphatic carbocycles. The zero-order valence-electron chi connectivity index (χ0n) is 14.8. The van der Waals surface area contributed by atoms with Gasteiger partial charge in [-0.25, -0.2) is 4.39 Å². The van der Waals surface area contributed by atoms with Crippen molar-refractivity contribution in [2.24, 2.45) is 0 Å². The van der Waals surface area contributed by atoms with Crippen molar-refractivity contribution in [1.82, 2.24) is 14.8 Å². The Kier molecular flexibility index (Phi) is 4.73. The van der Waals surface area contributed by atoms with Gasteiger partial charge in [-0.2, -0.15) is 0 Å². The second kappa shape index (κ2) is 7.32. The first-order chi connectivity index (χ1) is 13.1. The van der Waals surface area contributed by atoms with Gasteiger partial charge < -0.3 is 9.88 Å². The number of rotatable bonds is 3. The maximum atomic E-state index is 13.8. The van der Waals surface area contributed by atoms with Crippen LogP contribution in [0.4, 0.5) is 4.39 Å². The lowest BCUT2D eigenvalue weighted by Gasteiger charge is -2.34. The Morgan fingerprint density at radius 3 is 2.48 bits per heavy atom. The summed E-state index contributed by atoms with van der Waals surface area (Å²) in [7, 11) is 0. The molecule has 1 N–H and O–H groups in total. The number of halogens is 1. The van der Waals surface area contributed by atoms with E-state index in [1.807, 2.05) is 18.2 Å². The van der Waals surface area contributed by atoms with Gasteiger partial charge in [-0.3, -0.25) is 14.5 Å². The number of nitrogens with one attached hydrogen (secondary N) is 1. The second-order valence-corrected chi connectivity index (χ2v) is 6.75. The summed E-state index contributed by atoms with van der Waals surface area (Å²) >= 11 is 0. The van der Waals surface area contributed by atoms with Gasteiger partial charge in [-0.15, -0.1) is 0 Å². The predicted octanol–water partition coefficient (Wildman–Crippen LogP) is 2.63. The molecule has 0 atom stereocenters. The van der Waals surface area contributed by atoms with Gasteiger partial charge in [-0.05, 0) is 17.7 Å². The number of carbonyl (C=O) groups excluding carboxylic acids is 1. The zero-order chi connectivity index (χ0) is 18.8. The molecule has 1 aliphatic heterocycles. The normalized spacial score (nSPS) is 15.2. The van der Waals surface area contributed by atoms with Crippen LogP contribution in [0.5, 0.6) is 0 Å². The van der Waals surface area contributed by atoms with Gasteiger partial charge in [0.2, 0.25) is 5.43 Å². The Balaban J connectivity index is 1.47. The van der Waals surface area contributed by atoms with Crippen molar-refractivity contribution in [2.75, 3.05) is 26.2 Å². The minimum Gasteiger partial charge on any atom is -0.358 e. The molecule has 4 rings (SSSR count). The van der Waals surface area contributed by atoms with E-state index in [0.717, 1.165) is 19.6 Å². The number of H-pyrrole nitrogens is 1. The van der Waals surface area contributed by atoms with Gasteiger partial charge in [0.05, 0.1) is 5.52 Å². The smallest absolute Gasteiger partial charge is 0.259 e. The average molecular weight is 365 g/mol. The third kappa shape index (κ3) is 3.48. The van der Waals surface area contributed by atoms with Gasteiger partial charge in [0.1, 0.15) is 11.4 Å². The fourth-order valence-electron chi connectivity index (χ4n) is 3.49. The van der Waals surface area contributed by atoms with Gasteiger partial charge in [0.15, 0.2) is 0 Å². The summed E-state index contributed by atoms with van der Waals surface area (Å²) < 4.78 is 13.8. The molecule has 138 valence electrons. The van der Waals surface area contributed by atoms with E-state index in [1.54, 1.807) is 4.90 Å². The molecule has 1 fully saturated rings. The molecule has 2 heterocycles. The van der Waals surface area contributed by atoms with Crippen LogP contribution in [-0.4, -0.2) is 46.9 Å². The Labute approximate surface area is 156 Å². The molecule has 2 aromatic carbocycles. The largest absolute Gasteiger partial charge is 0.358 e. The molecule has 1 aromatic heterocycles. The number of piperazine rings is 1. The molecular weight excluding hydrogens is 345 g/mol. The highest BCUT2D eigenvalue weighted by atomic mass is 19.1. The average Bonchev–Trinajstić information content (AvgIpc) is 2.70. The fraction of sp³-hybridized carbons (Fsp3) is 0.238. The summed E-state index contributed by atoms with van der Waals surface area (Å²) in [5.74, 6) is -0.806. The first-order valence-electron chi connectivity index (χ1n) is 8.99. The van der Waals surface area contributed by atoms with Crippen LogP contribution >= 0.6 is 0 Å². The van der Waals surface area contributed by atoms with Crippen LogP contribution in [-0.2, 0) is 6.54 Å². The van der Waals surface area contributed by atoms with E-state index in [-0.39, 0.29) is 22.4 Å². The molecule has 3 aromatic rings. The van der Waals surface area contributed by atoms with Crippen LogP contribution in [0.2, 0.25) is 0 Å². The number of pyridine rings is 1. The summed E-state index contributed by atoms with van der Waals surface area (Å²) in [6.45, 7) is 3.47. The van der Waals surface area contributed by atoms with Crippen molar-refractivity contribution < 1.29 is 9.18 Å². The molecule has 5 nitrogen and oxygen atoms in total. The highest BCUT2D eigenvalue weighted by molar-refractivity contribution is 5.97. The summed E-state index contributed by atoms with van der Waals surface area (Å²) in [6.07, 6.45) is 1.33. The highest BCUT2D eigenvalue weighted by Gasteiger charge is 2.24. The van der Waals surface area contributed by atoms with Crippen LogP contribution < -0.4 is 5.43 Å². The zero-order valence-corrected chi connectivity index (χ0v) is 14.8. The van der Waals surface area contributed by atoms with Crippen LogP contribution in [0.1, 0.15) is 15.9 Å². The minimum absolute atomic E-state index is 0.0598. The fourth-order valence-corrected chi connectivity index (χ4v) is 3.49. The summed E-state index contributed by atoms with van der Waals surface area (Å²) in [5.41, 5.74) is 1.00. The van der Waals surface area contributed by atoms with E-state index in [0.29, 0.717) is 13.1 Å². The van der Waals surface area contributed by atoms with E-state index >= 15 is 0 Å². The molecule has 0 radical (unpaired) electrons. The third-order valence-corrected chi connectivity index (χ3v) is 5.00. The number of hydrogen-bond acceptors (Lipinski definition) is 3. The van der Waals surface area contributed by atoms with Crippen molar-refractivity contribution >= 4 is 16.8 Å². The van der Waals surface area contributed by atoms with Crippen LogP contribution in [0.3, 0.4) is 0 Å². The number of amides is 1. The lowest BCUT2D eigenvalue weighted by Crippen LogP contribution is -2.49.